The van der Waals surface area contributed by atoms with Crippen LogP contribution in [0.15, 0.2) is 41.9 Å². The highest BCUT2D eigenvalue weighted by Crippen LogP contribution is 2.44. The van der Waals surface area contributed by atoms with Crippen molar-refractivity contribution < 1.29 is 27.5 Å². The van der Waals surface area contributed by atoms with E-state index >= 15 is 0 Å². The highest BCUT2D eigenvalue weighted by molar-refractivity contribution is 7.14. The summed E-state index contributed by atoms with van der Waals surface area (Å²) >= 11 is 0.973. The molecule has 1 atom stereocenters. The Hall–Kier alpha value is -3.36. The number of allylic oxidation sites excluding steroid dienone is 2. The average Bonchev–Trinajstić information content (AvgIpc) is 3.32. The summed E-state index contributed by atoms with van der Waals surface area (Å²) in [6.07, 6.45) is -0.143. The largest absolute Gasteiger partial charge is 0.572 e. The number of alkyl halides is 3. The van der Waals surface area contributed by atoms with Crippen LogP contribution in [0.3, 0.4) is 0 Å². The Bertz CT molecular complexity index is 1240. The van der Waals surface area contributed by atoms with Gasteiger partial charge in [-0.3, -0.25) is 19.5 Å². The number of primary amides is 1. The predicted molar refractivity (Wildman–Crippen MR) is 129 cm³/mol. The molecule has 0 aromatic carbocycles. The third kappa shape index (κ3) is 6.14. The van der Waals surface area contributed by atoms with Gasteiger partial charge in [-0.25, -0.2) is 0 Å². The predicted octanol–water partition coefficient (Wildman–Crippen LogP) is 1.70. The van der Waals surface area contributed by atoms with Gasteiger partial charge in [0.05, 0.1) is 6.54 Å². The van der Waals surface area contributed by atoms with Crippen LogP contribution in [0.2, 0.25) is 0 Å². The lowest BCUT2D eigenvalue weighted by Gasteiger charge is -2.38. The van der Waals surface area contributed by atoms with Crippen LogP contribution < -0.4 is 11.1 Å². The topological polar surface area (TPSA) is 127 Å². The van der Waals surface area contributed by atoms with Gasteiger partial charge in [-0.1, -0.05) is 17.4 Å². The monoisotopic (exact) mass is 537 g/mol. The lowest BCUT2D eigenvalue weighted by molar-refractivity contribution is -0.310. The molecule has 1 aliphatic carbocycles. The van der Waals surface area contributed by atoms with E-state index in [4.69, 9.17) is 5.73 Å². The van der Waals surface area contributed by atoms with E-state index in [1.807, 2.05) is 18.9 Å². The van der Waals surface area contributed by atoms with E-state index in [0.717, 1.165) is 42.1 Å². The molecule has 2 aromatic heterocycles. The fourth-order valence-electron chi connectivity index (χ4n) is 4.18. The third-order valence-corrected chi connectivity index (χ3v) is 7.35. The van der Waals surface area contributed by atoms with Gasteiger partial charge in [0, 0.05) is 56.1 Å². The second-order valence-corrected chi connectivity index (χ2v) is 9.93. The lowest BCUT2D eigenvalue weighted by Crippen LogP contribution is -2.54. The first-order chi connectivity index (χ1) is 17.5. The summed E-state index contributed by atoms with van der Waals surface area (Å²) in [6, 6.07) is 1.76. The van der Waals surface area contributed by atoms with E-state index in [-0.39, 0.29) is 23.5 Å². The fourth-order valence-corrected chi connectivity index (χ4v) is 5.25. The second-order valence-electron chi connectivity index (χ2n) is 8.95. The zero-order chi connectivity index (χ0) is 26.8. The molecule has 2 amide bonds. The molecule has 37 heavy (non-hydrogen) atoms. The molecule has 2 aliphatic rings. The summed E-state index contributed by atoms with van der Waals surface area (Å²) in [5.74, 6) is -2.03. The summed E-state index contributed by atoms with van der Waals surface area (Å²) < 4.78 is 44.8. The number of carbonyl (C=O) groups is 2. The molecule has 3 heterocycles. The number of hydrogen-bond acceptors (Lipinski definition) is 9. The van der Waals surface area contributed by atoms with Crippen molar-refractivity contribution in [2.75, 3.05) is 39.8 Å². The summed E-state index contributed by atoms with van der Waals surface area (Å²) in [5, 5.41) is 11.4. The van der Waals surface area contributed by atoms with Crippen molar-refractivity contribution in [3.05, 3.63) is 52.5 Å². The van der Waals surface area contributed by atoms with Crippen molar-refractivity contribution in [2.45, 2.75) is 25.2 Å². The molecule has 1 saturated heterocycles. The minimum Gasteiger partial charge on any atom is -0.407 e. The van der Waals surface area contributed by atoms with Gasteiger partial charge in [0.2, 0.25) is 11.8 Å². The number of nitrogens with two attached hydrogens (primary N) is 1. The molecule has 0 saturated carbocycles. The van der Waals surface area contributed by atoms with Gasteiger partial charge >= 0.3 is 6.36 Å². The van der Waals surface area contributed by atoms with Crippen LogP contribution in [0.25, 0.3) is 10.6 Å². The highest BCUT2D eigenvalue weighted by Gasteiger charge is 2.49. The number of carbonyl (C=O) groups excluding carboxylic acids is 2. The number of hydrogen-bond donors (Lipinski definition) is 2. The van der Waals surface area contributed by atoms with Gasteiger partial charge in [-0.15, -0.1) is 23.4 Å². The number of pyridine rings is 1. The highest BCUT2D eigenvalue weighted by atomic mass is 32.1. The Morgan fingerprint density at radius 2 is 1.95 bits per heavy atom. The number of nitrogens with one attached hydrogen (secondary N) is 1. The summed E-state index contributed by atoms with van der Waals surface area (Å²) in [5.41, 5.74) is 4.99. The van der Waals surface area contributed by atoms with Crippen molar-refractivity contribution in [3.8, 4) is 10.6 Å². The Kier molecular flexibility index (Phi) is 7.62. The molecule has 1 fully saturated rings. The zero-order valence-electron chi connectivity index (χ0n) is 20.2. The summed E-state index contributed by atoms with van der Waals surface area (Å²) in [7, 11) is 1.97. The van der Waals surface area contributed by atoms with Crippen LogP contribution in [0.4, 0.5) is 13.2 Å². The Labute approximate surface area is 215 Å². The SMILES string of the molecule is Cc1ccncc1-c1nnc(C2(NC(=O)CN3CCN(C)CC3)CC(C(N)=O)=CC=C2OC(F)(F)F)s1. The molecule has 4 rings (SSSR count). The number of likely N-dealkylation sites (N-methyl/N-ethyl adjacent to an activating group) is 1. The number of rotatable bonds is 7. The number of nitrogens with zero attached hydrogens (tertiary/aromatic N) is 5. The van der Waals surface area contributed by atoms with Gasteiger partial charge < -0.3 is 20.7 Å². The molecule has 1 unspecified atom stereocenters. The molecule has 198 valence electrons. The molecule has 10 nitrogen and oxygen atoms in total. The maximum Gasteiger partial charge on any atom is 0.572 e. The first-order valence-corrected chi connectivity index (χ1v) is 12.2. The van der Waals surface area contributed by atoms with E-state index in [2.05, 4.69) is 30.1 Å². The lowest BCUT2D eigenvalue weighted by atomic mass is 9.84. The van der Waals surface area contributed by atoms with Gasteiger partial charge in [0.25, 0.3) is 0 Å². The van der Waals surface area contributed by atoms with Crippen LogP contribution in [0.1, 0.15) is 17.0 Å². The molecular weight excluding hydrogens is 511 g/mol. The molecule has 0 spiro atoms. The maximum absolute atomic E-state index is 13.5. The smallest absolute Gasteiger partial charge is 0.407 e. The van der Waals surface area contributed by atoms with Gasteiger partial charge in [0.15, 0.2) is 10.5 Å². The van der Waals surface area contributed by atoms with E-state index in [1.54, 1.807) is 18.5 Å². The first kappa shape index (κ1) is 26.7. The number of ether oxygens (including phenoxy) is 1. The van der Waals surface area contributed by atoms with E-state index in [9.17, 15) is 22.8 Å². The molecule has 1 aliphatic heterocycles. The van der Waals surface area contributed by atoms with E-state index in [1.165, 1.54) is 0 Å². The number of aryl methyl sites for hydroxylation is 1. The summed E-state index contributed by atoms with van der Waals surface area (Å²) in [4.78, 5) is 33.4. The quantitative estimate of drug-likeness (QED) is 0.547. The van der Waals surface area contributed by atoms with Gasteiger partial charge in [0.1, 0.15) is 10.8 Å². The molecule has 0 radical (unpaired) electrons. The van der Waals surface area contributed by atoms with Crippen molar-refractivity contribution in [2.24, 2.45) is 5.73 Å². The number of aromatic nitrogens is 3. The zero-order valence-corrected chi connectivity index (χ0v) is 21.0. The van der Waals surface area contributed by atoms with Crippen LogP contribution in [-0.2, 0) is 19.9 Å². The second kappa shape index (κ2) is 10.6. The minimum absolute atomic E-state index is 0.00345. The molecule has 2 aromatic rings. The van der Waals surface area contributed by atoms with Gasteiger partial charge in [-0.05, 0) is 31.7 Å². The first-order valence-electron chi connectivity index (χ1n) is 11.4. The number of halogens is 3. The van der Waals surface area contributed by atoms with Crippen LogP contribution >= 0.6 is 11.3 Å². The number of piperazine rings is 1. The third-order valence-electron chi connectivity index (χ3n) is 6.23. The normalized spacial score (nSPS) is 21.2. The molecular formula is C23H26F3N7O3S. The van der Waals surface area contributed by atoms with Crippen LogP contribution in [-0.4, -0.2) is 82.9 Å². The Balaban J connectivity index is 1.75. The number of amides is 2. The molecule has 14 heteroatoms. The summed E-state index contributed by atoms with van der Waals surface area (Å²) in [6.45, 7) is 4.51. The van der Waals surface area contributed by atoms with Crippen molar-refractivity contribution >= 4 is 23.2 Å². The Morgan fingerprint density at radius 1 is 1.22 bits per heavy atom. The van der Waals surface area contributed by atoms with Crippen LogP contribution in [0, 0.1) is 6.92 Å². The average molecular weight is 538 g/mol. The van der Waals surface area contributed by atoms with E-state index in [0.29, 0.717) is 23.7 Å². The van der Waals surface area contributed by atoms with E-state index < -0.39 is 29.5 Å². The van der Waals surface area contributed by atoms with Crippen LogP contribution in [0.5, 0.6) is 0 Å². The minimum atomic E-state index is -5.06. The Morgan fingerprint density at radius 3 is 2.59 bits per heavy atom. The molecule has 0 bridgehead atoms. The fraction of sp³-hybridized carbons (Fsp3) is 0.435. The maximum atomic E-state index is 13.5. The van der Waals surface area contributed by atoms with Gasteiger partial charge in [-0.2, -0.15) is 0 Å². The molecule has 3 N–H and O–H groups in total. The standard InChI is InChI=1S/C23H26F3N7O3S/c1-14-5-6-28-12-16(14)20-30-31-21(37-20)22(29-18(34)13-33-9-7-32(2)8-10-33)11-15(19(27)35)3-4-17(22)36-23(24,25)26/h3-6,12H,7-11,13H2,1-2H3,(H2,27,35)(H,29,34). The van der Waals surface area contributed by atoms with Crippen molar-refractivity contribution in [1.82, 2.24) is 30.3 Å². The van der Waals surface area contributed by atoms with Crippen molar-refractivity contribution in [1.29, 1.82) is 0 Å². The van der Waals surface area contributed by atoms with Crippen molar-refractivity contribution in [3.63, 3.8) is 0 Å².